The Labute approximate surface area is 174 Å². The number of benzene rings is 2. The van der Waals surface area contributed by atoms with E-state index in [1.807, 2.05) is 44.2 Å². The molecular weight excluding hydrogens is 364 g/mol. The molecule has 0 aliphatic rings. The van der Waals surface area contributed by atoms with Gasteiger partial charge < -0.3 is 20.1 Å². The van der Waals surface area contributed by atoms with Crippen LogP contribution in [0.3, 0.4) is 0 Å². The van der Waals surface area contributed by atoms with E-state index in [1.165, 1.54) is 5.57 Å². The zero-order valence-corrected chi connectivity index (χ0v) is 17.8. The van der Waals surface area contributed by atoms with E-state index in [0.717, 1.165) is 53.7 Å². The summed E-state index contributed by atoms with van der Waals surface area (Å²) in [5, 5.41) is 28.7. The van der Waals surface area contributed by atoms with Gasteiger partial charge in [-0.15, -0.1) is 0 Å². The molecule has 0 fully saturated rings. The van der Waals surface area contributed by atoms with Crippen LogP contribution in [-0.2, 0) is 19.8 Å². The second-order valence-corrected chi connectivity index (χ2v) is 8.07. The lowest BCUT2D eigenvalue weighted by molar-refractivity contribution is 0.0722. The summed E-state index contributed by atoms with van der Waals surface area (Å²) in [6, 6.07) is 13.7. The zero-order valence-electron chi connectivity index (χ0n) is 17.8. The van der Waals surface area contributed by atoms with Crippen molar-refractivity contribution in [2.75, 3.05) is 0 Å². The fourth-order valence-corrected chi connectivity index (χ4v) is 3.26. The fourth-order valence-electron chi connectivity index (χ4n) is 3.26. The van der Waals surface area contributed by atoms with Crippen LogP contribution in [0.1, 0.15) is 68.7 Å². The monoisotopic (exact) mass is 398 g/mol. The van der Waals surface area contributed by atoms with Gasteiger partial charge >= 0.3 is 0 Å². The van der Waals surface area contributed by atoms with Crippen molar-refractivity contribution in [2.24, 2.45) is 0 Å². The van der Waals surface area contributed by atoms with E-state index >= 15 is 0 Å². The summed E-state index contributed by atoms with van der Waals surface area (Å²) in [6.45, 7) is 6.05. The Hall–Kier alpha value is -2.14. The molecule has 0 spiro atoms. The molecule has 0 amide bonds. The van der Waals surface area contributed by atoms with Gasteiger partial charge in [0.1, 0.15) is 12.4 Å². The molecule has 29 heavy (non-hydrogen) atoms. The third-order valence-corrected chi connectivity index (χ3v) is 4.89. The highest BCUT2D eigenvalue weighted by molar-refractivity contribution is 5.66. The average molecular weight is 399 g/mol. The Kier molecular flexibility index (Phi) is 8.90. The van der Waals surface area contributed by atoms with Crippen molar-refractivity contribution in [1.29, 1.82) is 0 Å². The Morgan fingerprint density at radius 3 is 2.45 bits per heavy atom. The molecule has 2 aromatic rings. The number of allylic oxidation sites excluding steroid dienone is 2. The molecule has 0 aliphatic carbocycles. The first-order chi connectivity index (χ1) is 13.9. The summed E-state index contributed by atoms with van der Waals surface area (Å²) in [5.74, 6) is 0.795. The zero-order chi connectivity index (χ0) is 21.3. The van der Waals surface area contributed by atoms with Crippen LogP contribution in [0.5, 0.6) is 5.75 Å². The van der Waals surface area contributed by atoms with Crippen molar-refractivity contribution in [2.45, 2.75) is 71.9 Å². The first-order valence-corrected chi connectivity index (χ1v) is 10.3. The maximum absolute atomic E-state index is 9.94. The topological polar surface area (TPSA) is 69.9 Å². The molecule has 3 N–H and O–H groups in total. The fraction of sp³-hybridized carbons (Fsp3) is 0.440. The average Bonchev–Trinajstić information content (AvgIpc) is 2.70. The first kappa shape index (κ1) is 23.1. The van der Waals surface area contributed by atoms with E-state index < -0.39 is 5.60 Å². The molecule has 0 atom stereocenters. The molecule has 158 valence electrons. The molecule has 0 saturated heterocycles. The second-order valence-electron chi connectivity index (χ2n) is 8.07. The number of hydrogen-bond donors (Lipinski definition) is 3. The van der Waals surface area contributed by atoms with Crippen molar-refractivity contribution in [3.05, 3.63) is 70.8 Å². The van der Waals surface area contributed by atoms with Crippen molar-refractivity contribution in [1.82, 2.24) is 0 Å². The number of aliphatic hydroxyl groups is 3. The van der Waals surface area contributed by atoms with Crippen molar-refractivity contribution < 1.29 is 20.1 Å². The van der Waals surface area contributed by atoms with Crippen molar-refractivity contribution in [3.8, 4) is 5.75 Å². The van der Waals surface area contributed by atoms with Crippen LogP contribution in [0, 0.1) is 0 Å². The van der Waals surface area contributed by atoms with E-state index in [9.17, 15) is 15.3 Å². The quantitative estimate of drug-likeness (QED) is 0.499. The molecule has 2 rings (SSSR count). The molecule has 0 heterocycles. The number of hydrogen-bond acceptors (Lipinski definition) is 4. The standard InChI is InChI=1S/C25H34O4/c1-4-7-20(9-6-13-25(2,3)28)21-8-5-10-24(15-21)29-18-19-11-12-22(16-26)23(14-19)17-27/h5,8-12,14-15,26-28H,4,6-7,13,16-18H2,1-3H3/b20-9+. The Bertz CT molecular complexity index is 803. The summed E-state index contributed by atoms with van der Waals surface area (Å²) in [4.78, 5) is 0. The Balaban J connectivity index is 2.10. The Morgan fingerprint density at radius 1 is 1.03 bits per heavy atom. The smallest absolute Gasteiger partial charge is 0.120 e. The van der Waals surface area contributed by atoms with Gasteiger partial charge in [-0.25, -0.2) is 0 Å². The molecule has 0 bridgehead atoms. The summed E-state index contributed by atoms with van der Waals surface area (Å²) in [5.41, 5.74) is 4.17. The molecule has 0 saturated carbocycles. The summed E-state index contributed by atoms with van der Waals surface area (Å²) in [7, 11) is 0. The van der Waals surface area contributed by atoms with Gasteiger partial charge in [0.2, 0.25) is 0 Å². The minimum Gasteiger partial charge on any atom is -0.489 e. The van der Waals surface area contributed by atoms with Gasteiger partial charge in [-0.1, -0.05) is 43.7 Å². The van der Waals surface area contributed by atoms with Crippen LogP contribution in [0.4, 0.5) is 0 Å². The lowest BCUT2D eigenvalue weighted by atomic mass is 9.97. The van der Waals surface area contributed by atoms with Gasteiger partial charge in [0, 0.05) is 0 Å². The Morgan fingerprint density at radius 2 is 1.79 bits per heavy atom. The minimum atomic E-state index is -0.655. The number of aliphatic hydroxyl groups excluding tert-OH is 2. The highest BCUT2D eigenvalue weighted by Gasteiger charge is 2.11. The van der Waals surface area contributed by atoms with E-state index in [4.69, 9.17) is 4.74 Å². The van der Waals surface area contributed by atoms with Crippen LogP contribution < -0.4 is 4.74 Å². The van der Waals surface area contributed by atoms with Gasteiger partial charge in [0.05, 0.1) is 18.8 Å². The van der Waals surface area contributed by atoms with Crippen molar-refractivity contribution in [3.63, 3.8) is 0 Å². The van der Waals surface area contributed by atoms with Gasteiger partial charge in [-0.2, -0.15) is 0 Å². The van der Waals surface area contributed by atoms with Crippen LogP contribution >= 0.6 is 0 Å². The van der Waals surface area contributed by atoms with E-state index in [0.29, 0.717) is 6.61 Å². The summed E-state index contributed by atoms with van der Waals surface area (Å²) in [6.07, 6.45) is 5.83. The van der Waals surface area contributed by atoms with Gasteiger partial charge in [0.25, 0.3) is 0 Å². The molecule has 0 aliphatic heterocycles. The normalized spacial score (nSPS) is 12.3. The van der Waals surface area contributed by atoms with Crippen LogP contribution in [0.25, 0.3) is 5.57 Å². The predicted molar refractivity (Wildman–Crippen MR) is 117 cm³/mol. The van der Waals surface area contributed by atoms with Gasteiger partial charge in [0.15, 0.2) is 0 Å². The lowest BCUT2D eigenvalue weighted by Gasteiger charge is -2.16. The maximum Gasteiger partial charge on any atom is 0.120 e. The maximum atomic E-state index is 9.94. The molecular formula is C25H34O4. The molecule has 4 heteroatoms. The van der Waals surface area contributed by atoms with Crippen molar-refractivity contribution >= 4 is 5.57 Å². The van der Waals surface area contributed by atoms with Crippen LogP contribution in [-0.4, -0.2) is 20.9 Å². The number of ether oxygens (including phenoxy) is 1. The van der Waals surface area contributed by atoms with E-state index in [2.05, 4.69) is 25.1 Å². The van der Waals surface area contributed by atoms with Gasteiger partial charge in [-0.05, 0) is 79.1 Å². The number of rotatable bonds is 11. The third kappa shape index (κ3) is 7.65. The summed E-state index contributed by atoms with van der Waals surface area (Å²) >= 11 is 0. The molecule has 0 aromatic heterocycles. The second kappa shape index (κ2) is 11.1. The van der Waals surface area contributed by atoms with Gasteiger partial charge in [-0.3, -0.25) is 0 Å². The summed E-state index contributed by atoms with van der Waals surface area (Å²) < 4.78 is 5.98. The SMILES string of the molecule is CCC/C(=C\CCC(C)(C)O)c1cccc(OCc2ccc(CO)c(CO)c2)c1. The molecule has 2 aromatic carbocycles. The molecule has 4 nitrogen and oxygen atoms in total. The van der Waals surface area contributed by atoms with E-state index in [1.54, 1.807) is 0 Å². The highest BCUT2D eigenvalue weighted by Crippen LogP contribution is 2.26. The van der Waals surface area contributed by atoms with Crippen LogP contribution in [0.15, 0.2) is 48.5 Å². The third-order valence-electron chi connectivity index (χ3n) is 4.89. The van der Waals surface area contributed by atoms with E-state index in [-0.39, 0.29) is 13.2 Å². The highest BCUT2D eigenvalue weighted by atomic mass is 16.5. The predicted octanol–water partition coefficient (Wildman–Crippen LogP) is 4.98. The molecule has 0 unspecified atom stereocenters. The first-order valence-electron chi connectivity index (χ1n) is 10.3. The largest absolute Gasteiger partial charge is 0.489 e. The molecule has 0 radical (unpaired) electrons. The lowest BCUT2D eigenvalue weighted by Crippen LogP contribution is -2.17. The van der Waals surface area contributed by atoms with Crippen LogP contribution in [0.2, 0.25) is 0 Å². The minimum absolute atomic E-state index is 0.0842.